The molecule has 1 aromatic heterocycles. The maximum absolute atomic E-state index is 13.4. The van der Waals surface area contributed by atoms with Crippen LogP contribution in [0.1, 0.15) is 35.7 Å². The van der Waals surface area contributed by atoms with Crippen LogP contribution in [0.4, 0.5) is 4.39 Å². The van der Waals surface area contributed by atoms with Crippen LogP contribution in [0.5, 0.6) is 0 Å². The van der Waals surface area contributed by atoms with Crippen molar-refractivity contribution in [2.24, 2.45) is 0 Å². The third-order valence-corrected chi connectivity index (χ3v) is 5.83. The van der Waals surface area contributed by atoms with E-state index < -0.39 is 0 Å². The first-order valence-electron chi connectivity index (χ1n) is 10.5. The van der Waals surface area contributed by atoms with Crippen molar-refractivity contribution in [3.63, 3.8) is 0 Å². The number of carbonyl (C=O) groups excluding carboxylic acids is 1. The second-order valence-corrected chi connectivity index (χ2v) is 7.90. The van der Waals surface area contributed by atoms with E-state index in [0.29, 0.717) is 45.2 Å². The van der Waals surface area contributed by atoms with Crippen molar-refractivity contribution >= 4 is 5.91 Å². The van der Waals surface area contributed by atoms with Crippen LogP contribution >= 0.6 is 0 Å². The molecule has 2 aliphatic heterocycles. The minimum absolute atomic E-state index is 0.210. The minimum Gasteiger partial charge on any atom is -0.378 e. The van der Waals surface area contributed by atoms with Crippen LogP contribution in [0, 0.1) is 5.82 Å². The molecule has 2 aromatic rings. The normalized spacial score (nSPS) is 18.7. The molecule has 1 amide bonds. The number of hydrogen-bond acceptors (Lipinski definition) is 4. The summed E-state index contributed by atoms with van der Waals surface area (Å²) in [4.78, 5) is 21.5. The predicted octanol–water partition coefficient (Wildman–Crippen LogP) is 2.85. The molecule has 0 N–H and O–H groups in total. The lowest BCUT2D eigenvalue weighted by atomic mass is 9.92. The number of carbonyl (C=O) groups is 1. The summed E-state index contributed by atoms with van der Waals surface area (Å²) in [5, 5.41) is 0. The molecule has 2 fully saturated rings. The Labute approximate surface area is 171 Å². The monoisotopic (exact) mass is 397 g/mol. The summed E-state index contributed by atoms with van der Waals surface area (Å²) in [6, 6.07) is 12.8. The highest BCUT2D eigenvalue weighted by molar-refractivity contribution is 5.78. The van der Waals surface area contributed by atoms with Crippen LogP contribution in [0.25, 0.3) is 0 Å². The molecule has 6 heteroatoms. The SMILES string of the molecule is O=C(CN1CCC(c2cccc(Cc3cccc(F)c3)n2)CC1)N1CCOCC1. The zero-order chi connectivity index (χ0) is 20.1. The fourth-order valence-corrected chi connectivity index (χ4v) is 4.17. The van der Waals surface area contributed by atoms with Crippen molar-refractivity contribution in [1.29, 1.82) is 0 Å². The molecular weight excluding hydrogens is 369 g/mol. The summed E-state index contributed by atoms with van der Waals surface area (Å²) in [7, 11) is 0. The Kier molecular flexibility index (Phi) is 6.52. The van der Waals surface area contributed by atoms with E-state index in [2.05, 4.69) is 11.0 Å². The van der Waals surface area contributed by atoms with E-state index in [4.69, 9.17) is 9.72 Å². The van der Waals surface area contributed by atoms with Gasteiger partial charge in [-0.2, -0.15) is 0 Å². The average Bonchev–Trinajstić information content (AvgIpc) is 2.75. The molecule has 4 rings (SSSR count). The van der Waals surface area contributed by atoms with E-state index in [1.54, 1.807) is 12.1 Å². The van der Waals surface area contributed by atoms with E-state index in [1.807, 2.05) is 23.1 Å². The number of nitrogens with zero attached hydrogens (tertiary/aromatic N) is 3. The van der Waals surface area contributed by atoms with E-state index >= 15 is 0 Å². The molecule has 0 spiro atoms. The fraction of sp³-hybridized carbons (Fsp3) is 0.478. The Balaban J connectivity index is 1.31. The van der Waals surface area contributed by atoms with Crippen molar-refractivity contribution in [3.05, 3.63) is 65.2 Å². The number of likely N-dealkylation sites (tertiary alicyclic amines) is 1. The first kappa shape index (κ1) is 20.0. The van der Waals surface area contributed by atoms with E-state index in [-0.39, 0.29) is 11.7 Å². The van der Waals surface area contributed by atoms with Gasteiger partial charge in [0.1, 0.15) is 5.82 Å². The highest BCUT2D eigenvalue weighted by Gasteiger charge is 2.25. The third-order valence-electron chi connectivity index (χ3n) is 5.83. The molecule has 154 valence electrons. The van der Waals surface area contributed by atoms with E-state index in [1.165, 1.54) is 6.07 Å². The molecule has 0 radical (unpaired) electrons. The summed E-state index contributed by atoms with van der Waals surface area (Å²) >= 11 is 0. The summed E-state index contributed by atoms with van der Waals surface area (Å²) in [5.74, 6) is 0.414. The lowest BCUT2D eigenvalue weighted by molar-refractivity contribution is -0.136. The van der Waals surface area contributed by atoms with Crippen LogP contribution in [-0.4, -0.2) is 66.6 Å². The van der Waals surface area contributed by atoms with Crippen LogP contribution in [0.15, 0.2) is 42.5 Å². The van der Waals surface area contributed by atoms with Gasteiger partial charge >= 0.3 is 0 Å². The van der Waals surface area contributed by atoms with Gasteiger partial charge in [-0.1, -0.05) is 18.2 Å². The lowest BCUT2D eigenvalue weighted by Crippen LogP contribution is -2.47. The summed E-state index contributed by atoms with van der Waals surface area (Å²) < 4.78 is 18.8. The number of amides is 1. The summed E-state index contributed by atoms with van der Waals surface area (Å²) in [6.07, 6.45) is 2.65. The molecule has 2 saturated heterocycles. The topological polar surface area (TPSA) is 45.7 Å². The molecule has 5 nitrogen and oxygen atoms in total. The van der Waals surface area contributed by atoms with Crippen LogP contribution < -0.4 is 0 Å². The van der Waals surface area contributed by atoms with Crippen LogP contribution in [0.3, 0.4) is 0 Å². The second kappa shape index (κ2) is 9.46. The Hall–Kier alpha value is -2.31. The Bertz CT molecular complexity index is 830. The van der Waals surface area contributed by atoms with Gasteiger partial charge in [-0.05, 0) is 55.8 Å². The number of morpholine rings is 1. The van der Waals surface area contributed by atoms with Gasteiger partial charge in [-0.3, -0.25) is 14.7 Å². The first-order chi connectivity index (χ1) is 14.2. The number of aromatic nitrogens is 1. The van der Waals surface area contributed by atoms with E-state index in [0.717, 1.165) is 42.9 Å². The van der Waals surface area contributed by atoms with Gasteiger partial charge in [0.15, 0.2) is 0 Å². The van der Waals surface area contributed by atoms with Gasteiger partial charge < -0.3 is 9.64 Å². The van der Waals surface area contributed by atoms with Crippen LogP contribution in [-0.2, 0) is 16.0 Å². The highest BCUT2D eigenvalue weighted by atomic mass is 19.1. The van der Waals surface area contributed by atoms with Crippen molar-refractivity contribution < 1.29 is 13.9 Å². The molecule has 29 heavy (non-hydrogen) atoms. The quantitative estimate of drug-likeness (QED) is 0.778. The van der Waals surface area contributed by atoms with E-state index in [9.17, 15) is 9.18 Å². The van der Waals surface area contributed by atoms with Gasteiger partial charge in [0.2, 0.25) is 5.91 Å². The molecule has 0 bridgehead atoms. The number of hydrogen-bond donors (Lipinski definition) is 0. The van der Waals surface area contributed by atoms with Gasteiger partial charge in [0.25, 0.3) is 0 Å². The smallest absolute Gasteiger partial charge is 0.236 e. The standard InChI is InChI=1S/C23H28FN3O2/c24-20-4-1-3-18(15-20)16-21-5-2-6-22(25-21)19-7-9-26(10-8-19)17-23(28)27-11-13-29-14-12-27/h1-6,15,19H,7-14,16-17H2. The Morgan fingerprint density at radius 3 is 2.59 bits per heavy atom. The number of ether oxygens (including phenoxy) is 1. The van der Waals surface area contributed by atoms with Gasteiger partial charge in [-0.15, -0.1) is 0 Å². The third kappa shape index (κ3) is 5.40. The van der Waals surface area contributed by atoms with Crippen molar-refractivity contribution in [2.45, 2.75) is 25.2 Å². The van der Waals surface area contributed by atoms with Crippen molar-refractivity contribution in [1.82, 2.24) is 14.8 Å². The molecule has 0 atom stereocenters. The molecule has 0 unspecified atom stereocenters. The maximum atomic E-state index is 13.4. The number of benzene rings is 1. The number of rotatable bonds is 5. The molecule has 1 aromatic carbocycles. The van der Waals surface area contributed by atoms with Crippen molar-refractivity contribution in [3.8, 4) is 0 Å². The molecule has 0 aliphatic carbocycles. The maximum Gasteiger partial charge on any atom is 0.236 e. The Morgan fingerprint density at radius 1 is 1.07 bits per heavy atom. The zero-order valence-corrected chi connectivity index (χ0v) is 16.7. The van der Waals surface area contributed by atoms with Gasteiger partial charge in [0.05, 0.1) is 19.8 Å². The van der Waals surface area contributed by atoms with Gasteiger partial charge in [0, 0.05) is 36.8 Å². The molecule has 2 aliphatic rings. The highest BCUT2D eigenvalue weighted by Crippen LogP contribution is 2.27. The largest absolute Gasteiger partial charge is 0.378 e. The molecule has 3 heterocycles. The predicted molar refractivity (Wildman–Crippen MR) is 109 cm³/mol. The summed E-state index contributed by atoms with van der Waals surface area (Å²) in [6.45, 7) is 5.03. The molecule has 0 saturated carbocycles. The van der Waals surface area contributed by atoms with Crippen molar-refractivity contribution in [2.75, 3.05) is 45.9 Å². The first-order valence-corrected chi connectivity index (χ1v) is 10.5. The minimum atomic E-state index is -0.211. The number of piperidine rings is 1. The molecular formula is C23H28FN3O2. The summed E-state index contributed by atoms with van der Waals surface area (Å²) in [5.41, 5.74) is 3.02. The Morgan fingerprint density at radius 2 is 1.83 bits per heavy atom. The zero-order valence-electron chi connectivity index (χ0n) is 16.7. The van der Waals surface area contributed by atoms with Crippen LogP contribution in [0.2, 0.25) is 0 Å². The lowest BCUT2D eigenvalue weighted by Gasteiger charge is -2.34. The second-order valence-electron chi connectivity index (χ2n) is 7.90. The number of halogens is 1. The average molecular weight is 397 g/mol. The van der Waals surface area contributed by atoms with Gasteiger partial charge in [-0.25, -0.2) is 4.39 Å². The number of pyridine rings is 1. The fourth-order valence-electron chi connectivity index (χ4n) is 4.17.